The number of rotatable bonds is 16. The van der Waals surface area contributed by atoms with E-state index in [0.717, 1.165) is 60.3 Å². The number of imidazole rings is 1. The molecule has 0 aliphatic carbocycles. The minimum atomic E-state index is -0.622. The number of fused-ring (bicyclic) bond motifs is 1. The van der Waals surface area contributed by atoms with Crippen LogP contribution in [0, 0.1) is 11.3 Å². The number of piperidine rings is 1. The fraction of sp³-hybridized carbons (Fsp3) is 0.409. The number of para-hydroxylation sites is 2. The first-order chi connectivity index (χ1) is 27.3. The van der Waals surface area contributed by atoms with Gasteiger partial charge in [0.1, 0.15) is 0 Å². The average molecular weight is 762 g/mol. The van der Waals surface area contributed by atoms with Crippen LogP contribution in [-0.2, 0) is 24.3 Å². The number of amides is 1. The smallest absolute Gasteiger partial charge is 0.229 e. The number of nitrogens with zero attached hydrogens (tertiary/aromatic N) is 5. The Labute approximate surface area is 328 Å². The molecule has 1 unspecified atom stereocenters. The molecule has 2 aromatic heterocycles. The number of carbonyl (C=O) groups is 2. The van der Waals surface area contributed by atoms with Crippen LogP contribution in [0.25, 0.3) is 11.0 Å². The molecule has 1 atom stereocenters. The van der Waals surface area contributed by atoms with Gasteiger partial charge in [0.25, 0.3) is 0 Å². The highest BCUT2D eigenvalue weighted by molar-refractivity contribution is 5.98. The van der Waals surface area contributed by atoms with Crippen molar-refractivity contribution in [2.24, 2.45) is 11.3 Å². The summed E-state index contributed by atoms with van der Waals surface area (Å²) in [5, 5.41) is 0. The molecular weight excluding hydrogens is 711 g/mol. The van der Waals surface area contributed by atoms with Crippen LogP contribution in [0.5, 0.6) is 28.7 Å². The second-order valence-electron chi connectivity index (χ2n) is 14.7. The molecule has 3 aromatic carbocycles. The van der Waals surface area contributed by atoms with Crippen LogP contribution in [0.15, 0.2) is 79.0 Å². The quantitative estimate of drug-likeness (QED) is 0.104. The Hall–Kier alpha value is -5.62. The van der Waals surface area contributed by atoms with Crippen LogP contribution in [0.2, 0.25) is 0 Å². The van der Waals surface area contributed by atoms with Crippen LogP contribution >= 0.6 is 0 Å². The summed E-state index contributed by atoms with van der Waals surface area (Å²) in [7, 11) is 8.01. The predicted octanol–water partition coefficient (Wildman–Crippen LogP) is 6.47. The number of ketones is 1. The van der Waals surface area contributed by atoms with Gasteiger partial charge in [-0.2, -0.15) is 0 Å². The zero-order chi connectivity index (χ0) is 39.2. The number of pyridine rings is 1. The molecule has 2 aliphatic heterocycles. The number of hydrogen-bond acceptors (Lipinski definition) is 10. The fourth-order valence-corrected chi connectivity index (χ4v) is 8.41. The van der Waals surface area contributed by atoms with Gasteiger partial charge in [0.2, 0.25) is 17.4 Å². The molecule has 56 heavy (non-hydrogen) atoms. The maximum atomic E-state index is 14.7. The van der Waals surface area contributed by atoms with Crippen LogP contribution < -0.4 is 23.7 Å². The molecular formula is C44H51N5O7. The third-order valence-electron chi connectivity index (χ3n) is 11.5. The highest BCUT2D eigenvalue weighted by Crippen LogP contribution is 2.43. The molecule has 2 aliphatic rings. The number of ether oxygens (including phenoxy) is 5. The number of hydrogen-bond donors (Lipinski definition) is 0. The largest absolute Gasteiger partial charge is 0.493 e. The zero-order valence-electron chi connectivity index (χ0n) is 33.0. The molecule has 0 saturated carbocycles. The number of carbonyl (C=O) groups excluding carboxylic acids is 2. The lowest BCUT2D eigenvalue weighted by molar-refractivity contribution is -0.137. The van der Waals surface area contributed by atoms with Crippen LogP contribution in [0.3, 0.4) is 0 Å². The van der Waals surface area contributed by atoms with Gasteiger partial charge in [-0.25, -0.2) is 4.98 Å². The number of Topliss-reactive ketones (excluding diaryl/α,β-unsaturated/α-hetero) is 1. The second-order valence-corrected chi connectivity index (χ2v) is 14.7. The highest BCUT2D eigenvalue weighted by Gasteiger charge is 2.47. The Morgan fingerprint density at radius 3 is 2.14 bits per heavy atom. The summed E-state index contributed by atoms with van der Waals surface area (Å²) in [4.78, 5) is 42.5. The van der Waals surface area contributed by atoms with E-state index in [0.29, 0.717) is 73.5 Å². The van der Waals surface area contributed by atoms with Gasteiger partial charge in [-0.05, 0) is 111 Å². The Morgan fingerprint density at radius 1 is 0.768 bits per heavy atom. The molecule has 2 fully saturated rings. The van der Waals surface area contributed by atoms with E-state index >= 15 is 0 Å². The molecule has 294 valence electrons. The number of likely N-dealkylation sites (tertiary alicyclic amines) is 2. The Morgan fingerprint density at radius 2 is 1.46 bits per heavy atom. The van der Waals surface area contributed by atoms with Gasteiger partial charge in [0.05, 0.1) is 64.2 Å². The Kier molecular flexibility index (Phi) is 11.8. The van der Waals surface area contributed by atoms with Crippen molar-refractivity contribution in [2.75, 3.05) is 61.7 Å². The molecule has 0 radical (unpaired) electrons. The first kappa shape index (κ1) is 38.6. The van der Waals surface area contributed by atoms with Crippen molar-refractivity contribution < 1.29 is 33.3 Å². The minimum Gasteiger partial charge on any atom is -0.493 e. The summed E-state index contributed by atoms with van der Waals surface area (Å²) >= 11 is 0. The molecule has 5 aromatic rings. The molecule has 0 bridgehead atoms. The number of aromatic nitrogens is 3. The molecule has 1 amide bonds. The zero-order valence-corrected chi connectivity index (χ0v) is 33.0. The van der Waals surface area contributed by atoms with E-state index in [9.17, 15) is 9.59 Å². The molecule has 0 N–H and O–H groups in total. The highest BCUT2D eigenvalue weighted by atomic mass is 16.5. The van der Waals surface area contributed by atoms with Crippen molar-refractivity contribution in [1.82, 2.24) is 24.3 Å². The van der Waals surface area contributed by atoms with Crippen molar-refractivity contribution in [2.45, 2.75) is 45.2 Å². The van der Waals surface area contributed by atoms with Gasteiger partial charge in [-0.1, -0.05) is 24.3 Å². The lowest BCUT2D eigenvalue weighted by Crippen LogP contribution is -2.42. The normalized spacial score (nSPS) is 17.7. The maximum Gasteiger partial charge on any atom is 0.229 e. The first-order valence-corrected chi connectivity index (χ1v) is 19.2. The first-order valence-electron chi connectivity index (χ1n) is 19.2. The Balaban J connectivity index is 1.07. The lowest BCUT2D eigenvalue weighted by atomic mass is 9.76. The van der Waals surface area contributed by atoms with E-state index in [1.807, 2.05) is 82.3 Å². The third-order valence-corrected chi connectivity index (χ3v) is 11.5. The van der Waals surface area contributed by atoms with Gasteiger partial charge in [-0.15, -0.1) is 0 Å². The van der Waals surface area contributed by atoms with Crippen LogP contribution in [0.4, 0.5) is 0 Å². The summed E-state index contributed by atoms with van der Waals surface area (Å²) in [6.07, 6.45) is 5.21. The van der Waals surface area contributed by atoms with Gasteiger partial charge in [0.15, 0.2) is 28.8 Å². The van der Waals surface area contributed by atoms with Gasteiger partial charge >= 0.3 is 0 Å². The maximum absolute atomic E-state index is 14.7. The van der Waals surface area contributed by atoms with E-state index < -0.39 is 5.41 Å². The summed E-state index contributed by atoms with van der Waals surface area (Å²) in [5.74, 6) is 3.48. The Bertz CT molecular complexity index is 2140. The van der Waals surface area contributed by atoms with Crippen LogP contribution in [-0.4, -0.2) is 97.8 Å². The summed E-state index contributed by atoms with van der Waals surface area (Å²) < 4.78 is 29.9. The van der Waals surface area contributed by atoms with E-state index in [1.165, 1.54) is 0 Å². The van der Waals surface area contributed by atoms with Crippen molar-refractivity contribution in [3.05, 3.63) is 102 Å². The molecule has 0 spiro atoms. The van der Waals surface area contributed by atoms with Crippen molar-refractivity contribution in [3.8, 4) is 28.7 Å². The standard InChI is InChI=1S/C44H51N5O7/c1-52-36-14-13-30(24-37(36)53-2)27-44(18-23-48(43(44)51)28-31-25-38(54-3)41(56-5)39(26-31)55-4)17-22-47-20-15-32(16-21-47)40(50)42-46-34-11-6-7-12-35(34)49(42)29-33-10-8-9-19-45-33/h6-14,19,24-26,32H,15-18,20-23,27-29H2,1-5H3. The van der Waals surface area contributed by atoms with Gasteiger partial charge in [-0.3, -0.25) is 14.6 Å². The molecule has 4 heterocycles. The average Bonchev–Trinajstić information content (AvgIpc) is 3.75. The summed E-state index contributed by atoms with van der Waals surface area (Å²) in [6, 6.07) is 23.4. The lowest BCUT2D eigenvalue weighted by Gasteiger charge is -2.35. The minimum absolute atomic E-state index is 0.0788. The van der Waals surface area contributed by atoms with Crippen molar-refractivity contribution in [1.29, 1.82) is 0 Å². The van der Waals surface area contributed by atoms with Crippen molar-refractivity contribution in [3.63, 3.8) is 0 Å². The number of benzene rings is 3. The van der Waals surface area contributed by atoms with E-state index in [4.69, 9.17) is 28.7 Å². The molecule has 7 rings (SSSR count). The molecule has 2 saturated heterocycles. The SMILES string of the molecule is COc1ccc(CC2(CCN3CCC(C(=O)c4nc5ccccc5n4Cc4ccccn4)CC3)CCN(Cc3cc(OC)c(OC)c(OC)c3)C2=O)cc1OC. The predicted molar refractivity (Wildman–Crippen MR) is 213 cm³/mol. The van der Waals surface area contributed by atoms with Crippen LogP contribution in [0.1, 0.15) is 53.1 Å². The molecule has 12 nitrogen and oxygen atoms in total. The van der Waals surface area contributed by atoms with E-state index in [1.54, 1.807) is 41.7 Å². The summed E-state index contributed by atoms with van der Waals surface area (Å²) in [6.45, 7) is 3.81. The number of methoxy groups -OCH3 is 5. The third kappa shape index (κ3) is 7.88. The topological polar surface area (TPSA) is 117 Å². The van der Waals surface area contributed by atoms with E-state index in [-0.39, 0.29) is 17.6 Å². The summed E-state index contributed by atoms with van der Waals surface area (Å²) in [5.41, 5.74) is 3.91. The van der Waals surface area contributed by atoms with Gasteiger partial charge in [0, 0.05) is 25.2 Å². The van der Waals surface area contributed by atoms with Gasteiger partial charge < -0.3 is 38.1 Å². The second kappa shape index (κ2) is 17.0. The fourth-order valence-electron chi connectivity index (χ4n) is 8.41. The molecule has 12 heteroatoms. The monoisotopic (exact) mass is 761 g/mol. The van der Waals surface area contributed by atoms with E-state index in [2.05, 4.69) is 9.88 Å². The van der Waals surface area contributed by atoms with Crippen molar-refractivity contribution >= 4 is 22.7 Å².